The molecule has 1 heterocycles. The molecule has 2 aliphatic rings. The lowest BCUT2D eigenvalue weighted by molar-refractivity contribution is 0.0496. The first-order valence-corrected chi connectivity index (χ1v) is 6.40. The molecular weight excluding hydrogens is 220 g/mol. The minimum atomic E-state index is -0.151. The molecular formula is C12H22N2O3. The average molecular weight is 242 g/mol. The van der Waals surface area contributed by atoms with Crippen LogP contribution in [0.4, 0.5) is 4.79 Å². The van der Waals surface area contributed by atoms with Gasteiger partial charge in [0.05, 0.1) is 19.8 Å². The number of urea groups is 1. The van der Waals surface area contributed by atoms with Gasteiger partial charge in [0, 0.05) is 24.5 Å². The van der Waals surface area contributed by atoms with Gasteiger partial charge in [-0.25, -0.2) is 4.79 Å². The van der Waals surface area contributed by atoms with E-state index in [1.807, 2.05) is 6.92 Å². The van der Waals surface area contributed by atoms with Crippen molar-refractivity contribution in [3.63, 3.8) is 0 Å². The van der Waals surface area contributed by atoms with Gasteiger partial charge in [-0.2, -0.15) is 0 Å². The van der Waals surface area contributed by atoms with Gasteiger partial charge in [-0.1, -0.05) is 13.3 Å². The number of morpholine rings is 1. The lowest BCUT2D eigenvalue weighted by Gasteiger charge is -2.33. The summed E-state index contributed by atoms with van der Waals surface area (Å²) in [6.07, 6.45) is 3.02. The first-order chi connectivity index (χ1) is 8.15. The van der Waals surface area contributed by atoms with Crippen molar-refractivity contribution in [2.24, 2.45) is 5.41 Å². The number of carbonyl (C=O) groups excluding carboxylic acids is 1. The van der Waals surface area contributed by atoms with Crippen molar-refractivity contribution in [2.75, 3.05) is 32.9 Å². The Bertz CT molecular complexity index is 279. The Hall–Kier alpha value is -0.810. The number of aliphatic hydroxyl groups excluding tert-OH is 1. The molecule has 1 aliphatic carbocycles. The second kappa shape index (κ2) is 5.23. The second-order valence-corrected chi connectivity index (χ2v) is 5.31. The predicted octanol–water partition coefficient (Wildman–Crippen LogP) is 0.579. The summed E-state index contributed by atoms with van der Waals surface area (Å²) < 4.78 is 5.22. The van der Waals surface area contributed by atoms with Gasteiger partial charge in [0.15, 0.2) is 0 Å². The third kappa shape index (κ3) is 2.72. The maximum atomic E-state index is 12.0. The summed E-state index contributed by atoms with van der Waals surface area (Å²) in [7, 11) is 0. The van der Waals surface area contributed by atoms with Crippen LogP contribution in [0.15, 0.2) is 0 Å². The van der Waals surface area contributed by atoms with Crippen molar-refractivity contribution in [2.45, 2.75) is 32.2 Å². The normalized spacial score (nSPS) is 33.8. The van der Waals surface area contributed by atoms with E-state index in [-0.39, 0.29) is 24.1 Å². The number of hydrogen-bond acceptors (Lipinski definition) is 3. The number of aliphatic hydroxyl groups is 1. The lowest BCUT2D eigenvalue weighted by atomic mass is 9.86. The summed E-state index contributed by atoms with van der Waals surface area (Å²) in [5.41, 5.74) is -0.151. The Balaban J connectivity index is 1.89. The molecule has 1 saturated heterocycles. The van der Waals surface area contributed by atoms with Crippen molar-refractivity contribution in [1.82, 2.24) is 10.2 Å². The van der Waals surface area contributed by atoms with E-state index >= 15 is 0 Å². The maximum Gasteiger partial charge on any atom is 0.317 e. The van der Waals surface area contributed by atoms with E-state index in [0.29, 0.717) is 26.3 Å². The van der Waals surface area contributed by atoms with Crippen LogP contribution in [0.25, 0.3) is 0 Å². The first-order valence-electron chi connectivity index (χ1n) is 6.40. The number of rotatable bonds is 2. The van der Waals surface area contributed by atoms with E-state index in [4.69, 9.17) is 4.74 Å². The van der Waals surface area contributed by atoms with E-state index in [2.05, 4.69) is 5.32 Å². The summed E-state index contributed by atoms with van der Waals surface area (Å²) in [6.45, 7) is 4.75. The monoisotopic (exact) mass is 242 g/mol. The number of hydrogen-bond donors (Lipinski definition) is 2. The molecule has 17 heavy (non-hydrogen) atoms. The van der Waals surface area contributed by atoms with Crippen LogP contribution in [0.1, 0.15) is 26.2 Å². The molecule has 0 aromatic heterocycles. The Morgan fingerprint density at radius 2 is 2.24 bits per heavy atom. The van der Waals surface area contributed by atoms with Crippen LogP contribution in [0, 0.1) is 5.41 Å². The number of amides is 2. The molecule has 0 unspecified atom stereocenters. The number of ether oxygens (including phenoxy) is 1. The van der Waals surface area contributed by atoms with E-state index in [0.717, 1.165) is 19.3 Å². The third-order valence-corrected chi connectivity index (χ3v) is 4.04. The molecule has 2 rings (SSSR count). The smallest absolute Gasteiger partial charge is 0.317 e. The lowest BCUT2D eigenvalue weighted by Crippen LogP contribution is -2.52. The zero-order chi connectivity index (χ0) is 12.3. The van der Waals surface area contributed by atoms with E-state index in [1.165, 1.54) is 0 Å². The average Bonchev–Trinajstić information content (AvgIpc) is 2.73. The molecule has 2 atom stereocenters. The highest BCUT2D eigenvalue weighted by Crippen LogP contribution is 2.37. The van der Waals surface area contributed by atoms with E-state index in [9.17, 15) is 9.90 Å². The molecule has 1 aliphatic heterocycles. The second-order valence-electron chi connectivity index (χ2n) is 5.31. The van der Waals surface area contributed by atoms with Crippen molar-refractivity contribution >= 4 is 6.03 Å². The summed E-state index contributed by atoms with van der Waals surface area (Å²) >= 11 is 0. The SMILES string of the molecule is C[C@@]1(CO)CCC[C@@H]1NC(=O)N1CCOCC1. The van der Waals surface area contributed by atoms with Gasteiger partial charge in [0.25, 0.3) is 0 Å². The van der Waals surface area contributed by atoms with Crippen LogP contribution < -0.4 is 5.32 Å². The Morgan fingerprint density at radius 3 is 2.88 bits per heavy atom. The minimum Gasteiger partial charge on any atom is -0.396 e. The quantitative estimate of drug-likeness (QED) is 0.744. The highest BCUT2D eigenvalue weighted by atomic mass is 16.5. The van der Waals surface area contributed by atoms with Crippen LogP contribution in [0.2, 0.25) is 0 Å². The topological polar surface area (TPSA) is 61.8 Å². The molecule has 0 aromatic rings. The summed E-state index contributed by atoms with van der Waals surface area (Å²) in [4.78, 5) is 13.8. The van der Waals surface area contributed by atoms with Crippen molar-refractivity contribution < 1.29 is 14.6 Å². The Kier molecular flexibility index (Phi) is 3.89. The molecule has 0 spiro atoms. The fraction of sp³-hybridized carbons (Fsp3) is 0.917. The van der Waals surface area contributed by atoms with Crippen LogP contribution in [0.3, 0.4) is 0 Å². The molecule has 98 valence electrons. The fourth-order valence-corrected chi connectivity index (χ4v) is 2.68. The first kappa shape index (κ1) is 12.6. The van der Waals surface area contributed by atoms with Crippen LogP contribution in [-0.4, -0.2) is 55.0 Å². The molecule has 2 fully saturated rings. The number of nitrogens with zero attached hydrogens (tertiary/aromatic N) is 1. The molecule has 0 aromatic carbocycles. The highest BCUT2D eigenvalue weighted by molar-refractivity contribution is 5.74. The standard InChI is InChI=1S/C12H22N2O3/c1-12(9-15)4-2-3-10(12)13-11(16)14-5-7-17-8-6-14/h10,15H,2-9H2,1H3,(H,13,16)/t10-,12-/m0/s1. The van der Waals surface area contributed by atoms with Gasteiger partial charge < -0.3 is 20.1 Å². The zero-order valence-corrected chi connectivity index (χ0v) is 10.4. The Labute approximate surface area is 102 Å². The van der Waals surface area contributed by atoms with Crippen molar-refractivity contribution in [1.29, 1.82) is 0 Å². The maximum absolute atomic E-state index is 12.0. The summed E-state index contributed by atoms with van der Waals surface area (Å²) in [6, 6.07) is 0.0859. The van der Waals surface area contributed by atoms with Gasteiger partial charge in [-0.05, 0) is 12.8 Å². The molecule has 0 radical (unpaired) electrons. The van der Waals surface area contributed by atoms with Gasteiger partial charge >= 0.3 is 6.03 Å². The van der Waals surface area contributed by atoms with Crippen molar-refractivity contribution in [3.05, 3.63) is 0 Å². The highest BCUT2D eigenvalue weighted by Gasteiger charge is 2.39. The van der Waals surface area contributed by atoms with Gasteiger partial charge in [-0.15, -0.1) is 0 Å². The predicted molar refractivity (Wildman–Crippen MR) is 63.8 cm³/mol. The van der Waals surface area contributed by atoms with Crippen LogP contribution in [-0.2, 0) is 4.74 Å². The van der Waals surface area contributed by atoms with Crippen LogP contribution in [0.5, 0.6) is 0 Å². The molecule has 5 nitrogen and oxygen atoms in total. The molecule has 0 bridgehead atoms. The molecule has 2 amide bonds. The molecule has 5 heteroatoms. The number of nitrogens with one attached hydrogen (secondary N) is 1. The van der Waals surface area contributed by atoms with Crippen LogP contribution >= 0.6 is 0 Å². The third-order valence-electron chi connectivity index (χ3n) is 4.04. The number of carbonyl (C=O) groups is 1. The fourth-order valence-electron chi connectivity index (χ4n) is 2.68. The molecule has 2 N–H and O–H groups in total. The summed E-state index contributed by atoms with van der Waals surface area (Å²) in [5.74, 6) is 0. The summed E-state index contributed by atoms with van der Waals surface area (Å²) in [5, 5.41) is 12.5. The van der Waals surface area contributed by atoms with Gasteiger partial charge in [-0.3, -0.25) is 0 Å². The van der Waals surface area contributed by atoms with Gasteiger partial charge in [0.1, 0.15) is 0 Å². The molecule has 1 saturated carbocycles. The van der Waals surface area contributed by atoms with Gasteiger partial charge in [0.2, 0.25) is 0 Å². The van der Waals surface area contributed by atoms with Crippen molar-refractivity contribution in [3.8, 4) is 0 Å². The largest absolute Gasteiger partial charge is 0.396 e. The van der Waals surface area contributed by atoms with E-state index < -0.39 is 0 Å². The van der Waals surface area contributed by atoms with E-state index in [1.54, 1.807) is 4.90 Å². The Morgan fingerprint density at radius 1 is 1.53 bits per heavy atom. The zero-order valence-electron chi connectivity index (χ0n) is 10.4. The minimum absolute atomic E-state index is 0.0140.